The molecule has 1 aromatic carbocycles. The monoisotopic (exact) mass is 288 g/mol. The minimum absolute atomic E-state index is 0.295. The summed E-state index contributed by atoms with van der Waals surface area (Å²) >= 11 is 1.02. The van der Waals surface area contributed by atoms with Gasteiger partial charge in [0.25, 0.3) is 5.91 Å². The molecule has 2 heterocycles. The highest BCUT2D eigenvalue weighted by Gasteiger charge is 2.19. The summed E-state index contributed by atoms with van der Waals surface area (Å²) < 4.78 is 9.22. The quantitative estimate of drug-likeness (QED) is 0.801. The Morgan fingerprint density at radius 1 is 1.45 bits per heavy atom. The maximum Gasteiger partial charge on any atom is 0.293 e. The number of nitrogens with zero attached hydrogens (tertiary/aromatic N) is 3. The van der Waals surface area contributed by atoms with E-state index in [4.69, 9.17) is 4.42 Å². The van der Waals surface area contributed by atoms with Gasteiger partial charge in [-0.1, -0.05) is 22.6 Å². The first-order valence-electron chi connectivity index (χ1n) is 6.17. The van der Waals surface area contributed by atoms with Gasteiger partial charge in [-0.25, -0.2) is 0 Å². The van der Waals surface area contributed by atoms with Crippen molar-refractivity contribution in [2.24, 2.45) is 0 Å². The number of hydrogen-bond donors (Lipinski definition) is 1. The number of aromatic nitrogens is 3. The van der Waals surface area contributed by atoms with E-state index < -0.39 is 0 Å². The molecule has 0 fully saturated rings. The highest BCUT2D eigenvalue weighted by molar-refractivity contribution is 7.09. The number of aryl methyl sites for hydroxylation is 2. The number of hydrogen-bond acceptors (Lipinski definition) is 6. The first-order chi connectivity index (χ1) is 9.69. The standard InChI is InChI=1S/C13H12N4O2S/c1-3-8-4-5-10-9(6-8)7(2)11(19-10)12(18)14-13-15-16-17-20-13/h4-6H,3H2,1-2H3,(H,14,15,17,18). The molecule has 1 amide bonds. The average Bonchev–Trinajstić information content (AvgIpc) is 3.07. The SMILES string of the molecule is CCc1ccc2oc(C(=O)Nc3nnns3)c(C)c2c1. The highest BCUT2D eigenvalue weighted by atomic mass is 32.1. The van der Waals surface area contributed by atoms with Gasteiger partial charge in [0.1, 0.15) is 5.58 Å². The molecular weight excluding hydrogens is 276 g/mol. The highest BCUT2D eigenvalue weighted by Crippen LogP contribution is 2.27. The van der Waals surface area contributed by atoms with E-state index in [0.29, 0.717) is 16.5 Å². The van der Waals surface area contributed by atoms with Gasteiger partial charge in [-0.05, 0) is 36.3 Å². The van der Waals surface area contributed by atoms with Crippen molar-refractivity contribution in [3.63, 3.8) is 0 Å². The fourth-order valence-corrected chi connectivity index (χ4v) is 2.40. The van der Waals surface area contributed by atoms with E-state index in [-0.39, 0.29) is 5.91 Å². The van der Waals surface area contributed by atoms with Gasteiger partial charge in [-0.15, -0.1) is 0 Å². The molecule has 0 unspecified atom stereocenters. The smallest absolute Gasteiger partial charge is 0.293 e. The van der Waals surface area contributed by atoms with Gasteiger partial charge in [0.05, 0.1) is 0 Å². The summed E-state index contributed by atoms with van der Waals surface area (Å²) in [6.45, 7) is 3.96. The molecule has 3 aromatic rings. The summed E-state index contributed by atoms with van der Waals surface area (Å²) in [5.41, 5.74) is 2.74. The minimum atomic E-state index is -0.338. The topological polar surface area (TPSA) is 80.9 Å². The third-order valence-corrected chi connectivity index (χ3v) is 3.65. The molecule has 7 heteroatoms. The molecule has 0 radical (unpaired) electrons. The van der Waals surface area contributed by atoms with Crippen molar-refractivity contribution in [2.75, 3.05) is 5.32 Å². The summed E-state index contributed by atoms with van der Waals surface area (Å²) in [5, 5.41) is 11.0. The second kappa shape index (κ2) is 5.01. The van der Waals surface area contributed by atoms with E-state index in [9.17, 15) is 4.79 Å². The van der Waals surface area contributed by atoms with E-state index in [1.165, 1.54) is 5.56 Å². The van der Waals surface area contributed by atoms with Crippen LogP contribution in [0.15, 0.2) is 22.6 Å². The molecule has 0 bridgehead atoms. The zero-order chi connectivity index (χ0) is 14.1. The molecule has 6 nitrogen and oxygen atoms in total. The molecule has 0 aliphatic carbocycles. The van der Waals surface area contributed by atoms with Crippen molar-refractivity contribution in [1.29, 1.82) is 0 Å². The van der Waals surface area contributed by atoms with Crippen LogP contribution in [0.5, 0.6) is 0 Å². The van der Waals surface area contributed by atoms with E-state index in [2.05, 4.69) is 33.1 Å². The average molecular weight is 288 g/mol. The predicted molar refractivity (Wildman–Crippen MR) is 76.0 cm³/mol. The van der Waals surface area contributed by atoms with Gasteiger partial charge in [0, 0.05) is 22.5 Å². The van der Waals surface area contributed by atoms with Gasteiger partial charge < -0.3 is 4.42 Å². The van der Waals surface area contributed by atoms with Gasteiger partial charge in [-0.3, -0.25) is 10.1 Å². The fraction of sp³-hybridized carbons (Fsp3) is 0.231. The molecule has 0 aliphatic heterocycles. The predicted octanol–water partition coefficient (Wildman–Crippen LogP) is 2.80. The van der Waals surface area contributed by atoms with Crippen LogP contribution in [0.25, 0.3) is 11.0 Å². The Morgan fingerprint density at radius 3 is 3.00 bits per heavy atom. The van der Waals surface area contributed by atoms with Gasteiger partial charge in [0.15, 0.2) is 5.76 Å². The van der Waals surface area contributed by atoms with Crippen molar-refractivity contribution in [3.05, 3.63) is 35.1 Å². The molecule has 1 N–H and O–H groups in total. The zero-order valence-corrected chi connectivity index (χ0v) is 11.8. The Balaban J connectivity index is 1.99. The maximum atomic E-state index is 12.2. The lowest BCUT2D eigenvalue weighted by atomic mass is 10.1. The van der Waals surface area contributed by atoms with E-state index in [0.717, 1.165) is 28.9 Å². The van der Waals surface area contributed by atoms with Crippen LogP contribution in [0.3, 0.4) is 0 Å². The van der Waals surface area contributed by atoms with Crippen LogP contribution in [0, 0.1) is 6.92 Å². The first kappa shape index (κ1) is 12.7. The second-order valence-electron chi connectivity index (χ2n) is 4.36. The lowest BCUT2D eigenvalue weighted by Crippen LogP contribution is -2.11. The third kappa shape index (κ3) is 2.16. The fourth-order valence-electron chi connectivity index (χ4n) is 2.04. The van der Waals surface area contributed by atoms with Gasteiger partial charge in [-0.2, -0.15) is 0 Å². The van der Waals surface area contributed by atoms with Crippen molar-refractivity contribution in [2.45, 2.75) is 20.3 Å². The van der Waals surface area contributed by atoms with E-state index >= 15 is 0 Å². The number of carbonyl (C=O) groups excluding carboxylic acids is 1. The number of furan rings is 1. The van der Waals surface area contributed by atoms with E-state index in [1.54, 1.807) is 0 Å². The first-order valence-corrected chi connectivity index (χ1v) is 6.94. The zero-order valence-electron chi connectivity index (χ0n) is 11.0. The largest absolute Gasteiger partial charge is 0.451 e. The summed E-state index contributed by atoms with van der Waals surface area (Å²) in [6, 6.07) is 5.95. The second-order valence-corrected chi connectivity index (χ2v) is 5.09. The molecule has 0 saturated carbocycles. The number of carbonyl (C=O) groups is 1. The number of nitrogens with one attached hydrogen (secondary N) is 1. The third-order valence-electron chi connectivity index (χ3n) is 3.13. The summed E-state index contributed by atoms with van der Waals surface area (Å²) in [5.74, 6) is -0.0428. The summed E-state index contributed by atoms with van der Waals surface area (Å²) in [6.07, 6.45) is 0.943. The number of anilines is 1. The molecule has 102 valence electrons. The Bertz CT molecular complexity index is 764. The Morgan fingerprint density at radius 2 is 2.30 bits per heavy atom. The van der Waals surface area contributed by atoms with Crippen LogP contribution >= 0.6 is 11.5 Å². The molecule has 0 saturated heterocycles. The Hall–Kier alpha value is -2.28. The van der Waals surface area contributed by atoms with Crippen molar-refractivity contribution < 1.29 is 9.21 Å². The molecular formula is C13H12N4O2S. The lowest BCUT2D eigenvalue weighted by Gasteiger charge is -1.97. The van der Waals surface area contributed by atoms with Crippen LogP contribution in [-0.2, 0) is 6.42 Å². The van der Waals surface area contributed by atoms with Crippen LogP contribution in [0.1, 0.15) is 28.6 Å². The number of amides is 1. The van der Waals surface area contributed by atoms with Crippen LogP contribution < -0.4 is 5.32 Å². The normalized spacial score (nSPS) is 10.9. The summed E-state index contributed by atoms with van der Waals surface area (Å²) in [4.78, 5) is 12.2. The Labute approximate surface area is 119 Å². The maximum absolute atomic E-state index is 12.2. The molecule has 2 aromatic heterocycles. The summed E-state index contributed by atoms with van der Waals surface area (Å²) in [7, 11) is 0. The number of rotatable bonds is 3. The minimum Gasteiger partial charge on any atom is -0.451 e. The molecule has 0 atom stereocenters. The van der Waals surface area contributed by atoms with Crippen LogP contribution in [-0.4, -0.2) is 20.7 Å². The van der Waals surface area contributed by atoms with Crippen LogP contribution in [0.2, 0.25) is 0 Å². The van der Waals surface area contributed by atoms with Crippen molar-refractivity contribution in [1.82, 2.24) is 14.8 Å². The number of benzene rings is 1. The van der Waals surface area contributed by atoms with Crippen molar-refractivity contribution in [3.8, 4) is 0 Å². The van der Waals surface area contributed by atoms with Crippen LogP contribution in [0.4, 0.5) is 5.13 Å². The van der Waals surface area contributed by atoms with Crippen molar-refractivity contribution >= 4 is 33.5 Å². The molecule has 20 heavy (non-hydrogen) atoms. The Kier molecular flexibility index (Phi) is 3.19. The molecule has 0 spiro atoms. The van der Waals surface area contributed by atoms with Gasteiger partial charge in [0.2, 0.25) is 5.13 Å². The molecule has 0 aliphatic rings. The lowest BCUT2D eigenvalue weighted by molar-refractivity contribution is 0.0998. The number of fused-ring (bicyclic) bond motifs is 1. The van der Waals surface area contributed by atoms with E-state index in [1.807, 2.05) is 19.1 Å². The molecule has 3 rings (SSSR count). The van der Waals surface area contributed by atoms with Gasteiger partial charge >= 0.3 is 0 Å².